The predicted octanol–water partition coefficient (Wildman–Crippen LogP) is 2.61. The zero-order chi connectivity index (χ0) is 16.8. The summed E-state index contributed by atoms with van der Waals surface area (Å²) in [5, 5.41) is 14.0. The summed E-state index contributed by atoms with van der Waals surface area (Å²) in [5.74, 6) is 1.05. The molecule has 1 saturated heterocycles. The van der Waals surface area contributed by atoms with Gasteiger partial charge in [-0.05, 0) is 37.8 Å². The lowest BCUT2D eigenvalue weighted by Gasteiger charge is -2.12. The van der Waals surface area contributed by atoms with Crippen molar-refractivity contribution in [2.24, 2.45) is 0 Å². The number of nitrogens with zero attached hydrogens (tertiary/aromatic N) is 2. The molecule has 24 heavy (non-hydrogen) atoms. The van der Waals surface area contributed by atoms with Gasteiger partial charge in [-0.3, -0.25) is 4.79 Å². The molecule has 0 saturated carbocycles. The maximum absolute atomic E-state index is 12.0. The van der Waals surface area contributed by atoms with Crippen LogP contribution >= 0.6 is 0 Å². The van der Waals surface area contributed by atoms with Crippen LogP contribution in [0.25, 0.3) is 11.5 Å². The van der Waals surface area contributed by atoms with Gasteiger partial charge in [-0.2, -0.15) is 0 Å². The number of nitrogens with one attached hydrogen (secondary N) is 2. The van der Waals surface area contributed by atoms with Gasteiger partial charge in [0.15, 0.2) is 0 Å². The molecule has 1 amide bonds. The number of carbonyl (C=O) groups is 1. The van der Waals surface area contributed by atoms with E-state index in [9.17, 15) is 4.79 Å². The molecule has 1 aromatic heterocycles. The average molecular weight is 330 g/mol. The van der Waals surface area contributed by atoms with Gasteiger partial charge in [-0.25, -0.2) is 0 Å². The first kappa shape index (κ1) is 16.3. The van der Waals surface area contributed by atoms with Crippen LogP contribution in [0.2, 0.25) is 0 Å². The number of carbonyl (C=O) groups excluding carboxylic acids is 1. The summed E-state index contributed by atoms with van der Waals surface area (Å²) in [6, 6.07) is 7.45. The molecular formula is C17H22N4O3. The maximum atomic E-state index is 12.0. The molecule has 1 atom stereocenters. The Morgan fingerprint density at radius 1 is 1.33 bits per heavy atom. The van der Waals surface area contributed by atoms with Crippen molar-refractivity contribution in [2.75, 3.05) is 18.5 Å². The highest BCUT2D eigenvalue weighted by Gasteiger charge is 2.23. The van der Waals surface area contributed by atoms with Crippen molar-refractivity contribution >= 4 is 11.9 Å². The van der Waals surface area contributed by atoms with Crippen LogP contribution in [-0.2, 0) is 4.79 Å². The summed E-state index contributed by atoms with van der Waals surface area (Å²) >= 11 is 0. The van der Waals surface area contributed by atoms with Gasteiger partial charge < -0.3 is 19.8 Å². The lowest BCUT2D eigenvalue weighted by molar-refractivity contribution is -0.121. The van der Waals surface area contributed by atoms with Crippen LogP contribution in [0.4, 0.5) is 6.01 Å². The number of ether oxygens (including phenoxy) is 1. The molecule has 1 unspecified atom stereocenters. The van der Waals surface area contributed by atoms with E-state index in [1.54, 1.807) is 0 Å². The fourth-order valence-corrected chi connectivity index (χ4v) is 2.60. The molecule has 0 aliphatic carbocycles. The summed E-state index contributed by atoms with van der Waals surface area (Å²) in [6.45, 7) is 3.39. The molecule has 0 spiro atoms. The second-order valence-corrected chi connectivity index (χ2v) is 5.74. The molecule has 0 bridgehead atoms. The summed E-state index contributed by atoms with van der Waals surface area (Å²) in [4.78, 5) is 12.0. The van der Waals surface area contributed by atoms with Crippen molar-refractivity contribution in [3.8, 4) is 17.2 Å². The van der Waals surface area contributed by atoms with E-state index in [4.69, 9.17) is 9.15 Å². The third kappa shape index (κ3) is 3.84. The zero-order valence-electron chi connectivity index (χ0n) is 13.7. The number of hydrogen-bond donors (Lipinski definition) is 2. The number of anilines is 1. The Morgan fingerprint density at radius 3 is 3.08 bits per heavy atom. The Labute approximate surface area is 140 Å². The van der Waals surface area contributed by atoms with E-state index in [0.29, 0.717) is 24.8 Å². The van der Waals surface area contributed by atoms with Gasteiger partial charge >= 0.3 is 6.01 Å². The molecule has 7 nitrogen and oxygen atoms in total. The first-order valence-corrected chi connectivity index (χ1v) is 8.38. The number of benzene rings is 1. The fourth-order valence-electron chi connectivity index (χ4n) is 2.60. The zero-order valence-corrected chi connectivity index (χ0v) is 13.7. The van der Waals surface area contributed by atoms with Gasteiger partial charge in [-0.15, -0.1) is 5.10 Å². The normalized spacial score (nSPS) is 17.9. The van der Waals surface area contributed by atoms with E-state index < -0.39 is 0 Å². The van der Waals surface area contributed by atoms with E-state index in [-0.39, 0.29) is 18.0 Å². The second kappa shape index (κ2) is 7.81. The van der Waals surface area contributed by atoms with E-state index >= 15 is 0 Å². The highest BCUT2D eigenvalue weighted by molar-refractivity contribution is 5.84. The second-order valence-electron chi connectivity index (χ2n) is 5.74. The number of amides is 1. The molecule has 1 fully saturated rings. The van der Waals surface area contributed by atoms with Gasteiger partial charge in [0.25, 0.3) is 5.89 Å². The fraction of sp³-hybridized carbons (Fsp3) is 0.471. The van der Waals surface area contributed by atoms with Crippen LogP contribution in [0.5, 0.6) is 5.75 Å². The lowest BCUT2D eigenvalue weighted by atomic mass is 10.1. The Kier molecular flexibility index (Phi) is 5.30. The standard InChI is InChI=1S/C17H22N4O3/c1-2-11-23-14-9-4-3-7-12(14)16-20-21-17(24-16)19-13-8-5-6-10-18-15(13)22/h3-4,7,9,13H,2,5-6,8,10-11H2,1H3,(H,18,22)(H,19,21). The van der Waals surface area contributed by atoms with Crippen molar-refractivity contribution in [2.45, 2.75) is 38.6 Å². The van der Waals surface area contributed by atoms with Gasteiger partial charge in [0.05, 0.1) is 12.2 Å². The van der Waals surface area contributed by atoms with Crippen LogP contribution in [0.1, 0.15) is 32.6 Å². The van der Waals surface area contributed by atoms with E-state index in [2.05, 4.69) is 27.8 Å². The molecule has 2 N–H and O–H groups in total. The van der Waals surface area contributed by atoms with E-state index in [0.717, 1.165) is 31.2 Å². The molecule has 128 valence electrons. The van der Waals surface area contributed by atoms with E-state index in [1.165, 1.54) is 0 Å². The third-order valence-electron chi connectivity index (χ3n) is 3.84. The maximum Gasteiger partial charge on any atom is 0.316 e. The molecule has 1 aliphatic rings. The molecular weight excluding hydrogens is 308 g/mol. The highest BCUT2D eigenvalue weighted by Crippen LogP contribution is 2.30. The molecule has 3 rings (SSSR count). The lowest BCUT2D eigenvalue weighted by Crippen LogP contribution is -2.37. The van der Waals surface area contributed by atoms with Gasteiger partial charge in [0.1, 0.15) is 11.8 Å². The smallest absolute Gasteiger partial charge is 0.316 e. The average Bonchev–Trinajstić information content (AvgIpc) is 2.97. The van der Waals surface area contributed by atoms with Crippen LogP contribution < -0.4 is 15.4 Å². The highest BCUT2D eigenvalue weighted by atomic mass is 16.5. The monoisotopic (exact) mass is 330 g/mol. The largest absolute Gasteiger partial charge is 0.493 e. The molecule has 2 aromatic rings. The molecule has 0 radical (unpaired) electrons. The molecule has 7 heteroatoms. The Balaban J connectivity index is 1.75. The van der Waals surface area contributed by atoms with Crippen molar-refractivity contribution in [3.63, 3.8) is 0 Å². The van der Waals surface area contributed by atoms with Gasteiger partial charge in [0.2, 0.25) is 5.91 Å². The van der Waals surface area contributed by atoms with Crippen molar-refractivity contribution in [1.29, 1.82) is 0 Å². The topological polar surface area (TPSA) is 89.3 Å². The molecule has 2 heterocycles. The van der Waals surface area contributed by atoms with Crippen LogP contribution in [-0.4, -0.2) is 35.3 Å². The Morgan fingerprint density at radius 2 is 2.21 bits per heavy atom. The quantitative estimate of drug-likeness (QED) is 0.846. The summed E-state index contributed by atoms with van der Waals surface area (Å²) < 4.78 is 11.4. The summed E-state index contributed by atoms with van der Waals surface area (Å²) in [6.07, 6.45) is 3.63. The van der Waals surface area contributed by atoms with Crippen molar-refractivity contribution in [1.82, 2.24) is 15.5 Å². The summed E-state index contributed by atoms with van der Waals surface area (Å²) in [7, 11) is 0. The number of aromatic nitrogens is 2. The van der Waals surface area contributed by atoms with Crippen LogP contribution in [0.3, 0.4) is 0 Å². The molecule has 1 aliphatic heterocycles. The van der Waals surface area contributed by atoms with Crippen molar-refractivity contribution in [3.05, 3.63) is 24.3 Å². The van der Waals surface area contributed by atoms with Crippen molar-refractivity contribution < 1.29 is 13.9 Å². The first-order chi connectivity index (χ1) is 11.8. The number of hydrogen-bond acceptors (Lipinski definition) is 6. The number of rotatable bonds is 6. The van der Waals surface area contributed by atoms with Crippen LogP contribution in [0.15, 0.2) is 28.7 Å². The minimum atomic E-state index is -0.340. The Bertz CT molecular complexity index is 686. The SMILES string of the molecule is CCCOc1ccccc1-c1nnc(NC2CCCCNC2=O)o1. The number of para-hydroxylation sites is 1. The molecule has 1 aromatic carbocycles. The van der Waals surface area contributed by atoms with E-state index in [1.807, 2.05) is 24.3 Å². The third-order valence-corrected chi connectivity index (χ3v) is 3.84. The van der Waals surface area contributed by atoms with Gasteiger partial charge in [0, 0.05) is 6.54 Å². The Hall–Kier alpha value is -2.57. The minimum Gasteiger partial charge on any atom is -0.493 e. The predicted molar refractivity (Wildman–Crippen MR) is 89.8 cm³/mol. The van der Waals surface area contributed by atoms with Crippen LogP contribution in [0, 0.1) is 0 Å². The minimum absolute atomic E-state index is 0.0288. The summed E-state index contributed by atoms with van der Waals surface area (Å²) in [5.41, 5.74) is 0.747. The van der Waals surface area contributed by atoms with Gasteiger partial charge in [-0.1, -0.05) is 24.2 Å². The first-order valence-electron chi connectivity index (χ1n) is 8.38.